The monoisotopic (exact) mass is 399 g/mol. The Labute approximate surface area is 169 Å². The zero-order valence-corrected chi connectivity index (χ0v) is 17.1. The minimum absolute atomic E-state index is 0.00929. The van der Waals surface area contributed by atoms with Crippen molar-refractivity contribution in [3.8, 4) is 5.75 Å². The van der Waals surface area contributed by atoms with Crippen molar-refractivity contribution in [2.45, 2.75) is 44.9 Å². The van der Waals surface area contributed by atoms with E-state index in [1.54, 1.807) is 25.4 Å². The van der Waals surface area contributed by atoms with Gasteiger partial charge in [-0.05, 0) is 68.2 Å². The number of carbonyl (C=O) groups is 2. The second-order valence-corrected chi connectivity index (χ2v) is 8.45. The van der Waals surface area contributed by atoms with Crippen LogP contribution in [0, 0.1) is 5.92 Å². The van der Waals surface area contributed by atoms with E-state index in [0.717, 1.165) is 49.0 Å². The van der Waals surface area contributed by atoms with Crippen molar-refractivity contribution < 1.29 is 19.1 Å². The highest BCUT2D eigenvalue weighted by atomic mass is 32.1. The lowest BCUT2D eigenvalue weighted by Gasteiger charge is -2.12. The van der Waals surface area contributed by atoms with Crippen molar-refractivity contribution in [1.29, 1.82) is 0 Å². The number of thiophene rings is 1. The number of fused-ring (bicyclic) bond motifs is 1. The molecule has 0 radical (unpaired) electrons. The van der Waals surface area contributed by atoms with E-state index in [2.05, 4.69) is 5.32 Å². The second-order valence-electron chi connectivity index (χ2n) is 7.35. The van der Waals surface area contributed by atoms with Crippen LogP contribution < -0.4 is 10.1 Å². The molecule has 0 saturated heterocycles. The van der Waals surface area contributed by atoms with E-state index in [1.807, 2.05) is 24.3 Å². The average Bonchev–Trinajstić information content (AvgIpc) is 3.43. The minimum Gasteiger partial charge on any atom is -0.497 e. The minimum atomic E-state index is -0.320. The molecule has 28 heavy (non-hydrogen) atoms. The van der Waals surface area contributed by atoms with E-state index in [4.69, 9.17) is 9.47 Å². The number of methoxy groups -OCH3 is 1. The highest BCUT2D eigenvalue weighted by Crippen LogP contribution is 2.49. The van der Waals surface area contributed by atoms with Gasteiger partial charge in [0.1, 0.15) is 10.8 Å². The van der Waals surface area contributed by atoms with Crippen molar-refractivity contribution in [3.63, 3.8) is 0 Å². The molecule has 1 amide bonds. The maximum Gasteiger partial charge on any atom is 0.341 e. The van der Waals surface area contributed by atoms with Crippen LogP contribution in [0.4, 0.5) is 5.00 Å². The third-order valence-corrected chi connectivity index (χ3v) is 6.77. The molecule has 1 aromatic carbocycles. The summed E-state index contributed by atoms with van der Waals surface area (Å²) in [5, 5.41) is 3.71. The molecule has 2 unspecified atom stereocenters. The number of hydrogen-bond acceptors (Lipinski definition) is 5. The summed E-state index contributed by atoms with van der Waals surface area (Å²) < 4.78 is 10.5. The quantitative estimate of drug-likeness (QED) is 0.724. The Morgan fingerprint density at radius 3 is 2.64 bits per heavy atom. The molecule has 1 fully saturated rings. The van der Waals surface area contributed by atoms with Crippen LogP contribution in [0.3, 0.4) is 0 Å². The van der Waals surface area contributed by atoms with Crippen molar-refractivity contribution in [2.24, 2.45) is 5.92 Å². The van der Waals surface area contributed by atoms with Gasteiger partial charge in [0.25, 0.3) is 0 Å². The van der Waals surface area contributed by atoms with Gasteiger partial charge in [-0.1, -0.05) is 12.1 Å². The fourth-order valence-corrected chi connectivity index (χ4v) is 5.26. The smallest absolute Gasteiger partial charge is 0.341 e. The molecule has 2 aliphatic rings. The standard InChI is InChI=1S/C22H25NO4S/c1-3-27-22(25)19-15-6-4-5-7-18(15)28-21(19)23-20(24)17-12-16(17)13-8-10-14(26-2)11-9-13/h8-11,16-17H,3-7,12H2,1-2H3,(H,23,24). The van der Waals surface area contributed by atoms with Crippen LogP contribution in [0.25, 0.3) is 0 Å². The van der Waals surface area contributed by atoms with Crippen LogP contribution >= 0.6 is 11.3 Å². The number of nitrogens with one attached hydrogen (secondary N) is 1. The predicted molar refractivity (Wildman–Crippen MR) is 109 cm³/mol. The van der Waals surface area contributed by atoms with E-state index in [0.29, 0.717) is 17.2 Å². The summed E-state index contributed by atoms with van der Waals surface area (Å²) in [4.78, 5) is 26.6. The Morgan fingerprint density at radius 1 is 1.18 bits per heavy atom. The van der Waals surface area contributed by atoms with Gasteiger partial charge >= 0.3 is 5.97 Å². The third-order valence-electron chi connectivity index (χ3n) is 5.56. The van der Waals surface area contributed by atoms with Crippen LogP contribution in [0.2, 0.25) is 0 Å². The van der Waals surface area contributed by atoms with Gasteiger partial charge < -0.3 is 14.8 Å². The van der Waals surface area contributed by atoms with E-state index >= 15 is 0 Å². The number of hydrogen-bond donors (Lipinski definition) is 1. The van der Waals surface area contributed by atoms with E-state index < -0.39 is 0 Å². The number of aryl methyl sites for hydroxylation is 1. The van der Waals surface area contributed by atoms with Gasteiger partial charge in [0, 0.05) is 10.8 Å². The summed E-state index contributed by atoms with van der Waals surface area (Å²) in [5.41, 5.74) is 2.81. The maximum absolute atomic E-state index is 12.8. The van der Waals surface area contributed by atoms with Gasteiger partial charge in [0.15, 0.2) is 0 Å². The van der Waals surface area contributed by atoms with Crippen LogP contribution in [0.15, 0.2) is 24.3 Å². The molecule has 5 nitrogen and oxygen atoms in total. The number of anilines is 1. The maximum atomic E-state index is 12.8. The zero-order chi connectivity index (χ0) is 19.7. The number of rotatable bonds is 6. The largest absolute Gasteiger partial charge is 0.497 e. The molecule has 148 valence electrons. The normalized spacial score (nSPS) is 20.2. The Bertz CT molecular complexity index is 887. The second kappa shape index (κ2) is 7.95. The first-order valence-corrected chi connectivity index (χ1v) is 10.7. The van der Waals surface area contributed by atoms with Crippen molar-refractivity contribution in [3.05, 3.63) is 45.8 Å². The Balaban J connectivity index is 1.50. The zero-order valence-electron chi connectivity index (χ0n) is 16.2. The highest BCUT2D eigenvalue weighted by Gasteiger charge is 2.44. The van der Waals surface area contributed by atoms with E-state index in [9.17, 15) is 9.59 Å². The molecular weight excluding hydrogens is 374 g/mol. The van der Waals surface area contributed by atoms with Crippen LogP contribution in [0.1, 0.15) is 58.5 Å². The van der Waals surface area contributed by atoms with E-state index in [-0.39, 0.29) is 23.7 Å². The summed E-state index contributed by atoms with van der Waals surface area (Å²) in [6, 6.07) is 7.89. The molecular formula is C22H25NO4S. The number of carbonyl (C=O) groups excluding carboxylic acids is 2. The molecule has 0 bridgehead atoms. The summed E-state index contributed by atoms with van der Waals surface area (Å²) >= 11 is 1.54. The van der Waals surface area contributed by atoms with Crippen molar-refractivity contribution in [1.82, 2.24) is 0 Å². The molecule has 6 heteroatoms. The Hall–Kier alpha value is -2.34. The fourth-order valence-electron chi connectivity index (χ4n) is 3.98. The molecule has 2 aliphatic carbocycles. The Kier molecular flexibility index (Phi) is 5.40. The SMILES string of the molecule is CCOC(=O)c1c(NC(=O)C2CC2c2ccc(OC)cc2)sc2c1CCCC2. The molecule has 1 heterocycles. The van der Waals surface area contributed by atoms with Gasteiger partial charge in [0.05, 0.1) is 19.3 Å². The molecule has 2 aromatic rings. The fraction of sp³-hybridized carbons (Fsp3) is 0.455. The van der Waals surface area contributed by atoms with Gasteiger partial charge in [0.2, 0.25) is 5.91 Å². The first-order chi connectivity index (χ1) is 13.6. The van der Waals surface area contributed by atoms with E-state index in [1.165, 1.54) is 4.88 Å². The van der Waals surface area contributed by atoms with Crippen molar-refractivity contribution >= 4 is 28.2 Å². The predicted octanol–water partition coefficient (Wildman–Crippen LogP) is 4.55. The summed E-state index contributed by atoms with van der Waals surface area (Å²) in [6.07, 6.45) is 4.89. The summed E-state index contributed by atoms with van der Waals surface area (Å²) in [6.45, 7) is 2.14. The van der Waals surface area contributed by atoms with Crippen LogP contribution in [0.5, 0.6) is 5.75 Å². The van der Waals surface area contributed by atoms with Crippen LogP contribution in [-0.4, -0.2) is 25.6 Å². The molecule has 0 spiro atoms. The summed E-state index contributed by atoms with van der Waals surface area (Å²) in [5.74, 6) is 0.660. The molecule has 0 aliphatic heterocycles. The van der Waals surface area contributed by atoms with Gasteiger partial charge in [-0.25, -0.2) is 4.79 Å². The van der Waals surface area contributed by atoms with Crippen LogP contribution in [-0.2, 0) is 22.4 Å². The lowest BCUT2D eigenvalue weighted by molar-refractivity contribution is -0.117. The lowest BCUT2D eigenvalue weighted by Crippen LogP contribution is -2.17. The highest BCUT2D eigenvalue weighted by molar-refractivity contribution is 7.17. The number of benzene rings is 1. The molecule has 1 saturated carbocycles. The number of ether oxygens (including phenoxy) is 2. The van der Waals surface area contributed by atoms with Crippen molar-refractivity contribution in [2.75, 3.05) is 19.0 Å². The third kappa shape index (κ3) is 3.65. The first kappa shape index (κ1) is 19.0. The Morgan fingerprint density at radius 2 is 1.93 bits per heavy atom. The molecule has 1 N–H and O–H groups in total. The van der Waals surface area contributed by atoms with Gasteiger partial charge in [-0.3, -0.25) is 4.79 Å². The number of esters is 1. The molecule has 2 atom stereocenters. The molecule has 1 aromatic heterocycles. The average molecular weight is 400 g/mol. The van der Waals surface area contributed by atoms with Gasteiger partial charge in [-0.15, -0.1) is 11.3 Å². The molecule has 4 rings (SSSR count). The summed E-state index contributed by atoms with van der Waals surface area (Å²) in [7, 11) is 1.64. The number of amides is 1. The topological polar surface area (TPSA) is 64.6 Å². The first-order valence-electron chi connectivity index (χ1n) is 9.88. The van der Waals surface area contributed by atoms with Gasteiger partial charge in [-0.2, -0.15) is 0 Å². The lowest BCUT2D eigenvalue weighted by atomic mass is 9.95.